The molecule has 0 nitrogen and oxygen atoms in total. The fourth-order valence-corrected chi connectivity index (χ4v) is 4.17. The second-order valence-corrected chi connectivity index (χ2v) is 12.4. The molecule has 0 spiro atoms. The van der Waals surface area contributed by atoms with Crippen LogP contribution < -0.4 is 0 Å². The molecule has 1 saturated carbocycles. The minimum atomic E-state index is -0.911. The monoisotopic (exact) mass is 246 g/mol. The van der Waals surface area contributed by atoms with E-state index in [1.165, 1.54) is 18.9 Å². The summed E-state index contributed by atoms with van der Waals surface area (Å²) in [5.74, 6) is 3.18. The molecule has 0 aromatic heterocycles. The third-order valence-corrected chi connectivity index (χ3v) is 5.73. The predicted molar refractivity (Wildman–Crippen MR) is 79.8 cm³/mol. The van der Waals surface area contributed by atoms with Crippen molar-refractivity contribution in [1.29, 1.82) is 0 Å². The minimum Gasteiger partial charge on any atom is -0.103 e. The predicted octanol–water partition coefficient (Wildman–Crippen LogP) is 4.90. The van der Waals surface area contributed by atoms with Crippen molar-refractivity contribution in [2.75, 3.05) is 0 Å². The van der Waals surface area contributed by atoms with Crippen LogP contribution in [0.1, 0.15) is 12.8 Å². The van der Waals surface area contributed by atoms with Crippen molar-refractivity contribution >= 4 is 8.07 Å². The Morgan fingerprint density at radius 2 is 2.06 bits per heavy atom. The quantitative estimate of drug-likeness (QED) is 0.489. The first-order valence-corrected chi connectivity index (χ1v) is 10.7. The Kier molecular flexibility index (Phi) is 3.77. The molecule has 0 aromatic rings. The highest BCUT2D eigenvalue weighted by Crippen LogP contribution is 2.48. The highest BCUT2D eigenvalue weighted by atomic mass is 28.3. The molecule has 4 unspecified atom stereocenters. The van der Waals surface area contributed by atoms with Crippen LogP contribution in [0.4, 0.5) is 0 Å². The molecule has 0 saturated heterocycles. The van der Waals surface area contributed by atoms with E-state index in [2.05, 4.69) is 56.6 Å². The SMILES string of the molecule is C=CC1CC(/C=C/C[Si](C)(C)C)C2CC=CC12. The van der Waals surface area contributed by atoms with Crippen LogP contribution in [0, 0.1) is 23.7 Å². The lowest BCUT2D eigenvalue weighted by Gasteiger charge is -2.16. The minimum absolute atomic E-state index is 0.722. The van der Waals surface area contributed by atoms with Crippen molar-refractivity contribution in [3.63, 3.8) is 0 Å². The van der Waals surface area contributed by atoms with Gasteiger partial charge in [0.1, 0.15) is 0 Å². The Labute approximate surface area is 108 Å². The zero-order chi connectivity index (χ0) is 12.5. The van der Waals surface area contributed by atoms with E-state index in [-0.39, 0.29) is 0 Å². The van der Waals surface area contributed by atoms with Gasteiger partial charge >= 0.3 is 0 Å². The van der Waals surface area contributed by atoms with E-state index in [9.17, 15) is 0 Å². The Bertz CT molecular complexity index is 332. The van der Waals surface area contributed by atoms with Crippen LogP contribution in [-0.2, 0) is 0 Å². The van der Waals surface area contributed by atoms with E-state index in [0.29, 0.717) is 0 Å². The summed E-state index contributed by atoms with van der Waals surface area (Å²) in [6.45, 7) is 11.3. The summed E-state index contributed by atoms with van der Waals surface area (Å²) in [5, 5.41) is 0. The molecule has 2 aliphatic carbocycles. The lowest BCUT2D eigenvalue weighted by molar-refractivity contribution is 0.413. The van der Waals surface area contributed by atoms with Gasteiger partial charge in [0.15, 0.2) is 0 Å². The molecule has 94 valence electrons. The smallest absolute Gasteiger partial charge is 0.0480 e. The van der Waals surface area contributed by atoms with Gasteiger partial charge < -0.3 is 0 Å². The Morgan fingerprint density at radius 3 is 2.71 bits per heavy atom. The Hall–Kier alpha value is -0.563. The lowest BCUT2D eigenvalue weighted by atomic mass is 9.90. The van der Waals surface area contributed by atoms with Crippen LogP contribution in [-0.4, -0.2) is 8.07 Å². The number of hydrogen-bond donors (Lipinski definition) is 0. The number of hydrogen-bond acceptors (Lipinski definition) is 0. The highest BCUT2D eigenvalue weighted by molar-refractivity contribution is 6.76. The normalized spacial score (nSPS) is 36.6. The molecule has 0 amide bonds. The fraction of sp³-hybridized carbons (Fsp3) is 0.625. The summed E-state index contributed by atoms with van der Waals surface area (Å²) in [6.07, 6.45) is 14.6. The van der Waals surface area contributed by atoms with Gasteiger partial charge in [-0.3, -0.25) is 0 Å². The first-order valence-electron chi connectivity index (χ1n) is 6.97. The second kappa shape index (κ2) is 4.97. The van der Waals surface area contributed by atoms with Crippen molar-refractivity contribution < 1.29 is 0 Å². The van der Waals surface area contributed by atoms with Gasteiger partial charge in [-0.05, 0) is 42.6 Å². The topological polar surface area (TPSA) is 0 Å². The molecule has 0 aliphatic heterocycles. The highest BCUT2D eigenvalue weighted by Gasteiger charge is 2.40. The summed E-state index contributed by atoms with van der Waals surface area (Å²) in [5.41, 5.74) is 0. The van der Waals surface area contributed by atoms with E-state index < -0.39 is 8.07 Å². The van der Waals surface area contributed by atoms with Gasteiger partial charge in [-0.1, -0.05) is 50.0 Å². The Morgan fingerprint density at radius 1 is 1.29 bits per heavy atom. The van der Waals surface area contributed by atoms with Crippen LogP contribution >= 0.6 is 0 Å². The fourth-order valence-electron chi connectivity index (χ4n) is 3.33. The van der Waals surface area contributed by atoms with Gasteiger partial charge in [-0.2, -0.15) is 0 Å². The summed E-state index contributed by atoms with van der Waals surface area (Å²) < 4.78 is 0. The summed E-state index contributed by atoms with van der Waals surface area (Å²) in [7, 11) is -0.911. The summed E-state index contributed by atoms with van der Waals surface area (Å²) in [4.78, 5) is 0. The molecule has 2 aliphatic rings. The average Bonchev–Trinajstić information content (AvgIpc) is 2.79. The molecule has 0 aromatic carbocycles. The molecular formula is C16H26Si. The molecule has 0 heterocycles. The van der Waals surface area contributed by atoms with E-state index in [1.54, 1.807) is 0 Å². The standard InChI is InChI=1S/C16H26Si/c1-5-13-12-14(8-7-11-17(2,3)4)16-10-6-9-15(13)16/h5-9,13-16H,1,10-12H2,2-4H3/b8-7+. The maximum atomic E-state index is 4.01. The van der Waals surface area contributed by atoms with Gasteiger partial charge in [0.2, 0.25) is 0 Å². The van der Waals surface area contributed by atoms with Gasteiger partial charge in [-0.25, -0.2) is 0 Å². The number of rotatable bonds is 4. The van der Waals surface area contributed by atoms with Crippen LogP contribution in [0.3, 0.4) is 0 Å². The molecule has 4 atom stereocenters. The van der Waals surface area contributed by atoms with Gasteiger partial charge in [0.05, 0.1) is 0 Å². The van der Waals surface area contributed by atoms with Crippen LogP contribution in [0.25, 0.3) is 0 Å². The zero-order valence-corrected chi connectivity index (χ0v) is 12.5. The zero-order valence-electron chi connectivity index (χ0n) is 11.5. The molecule has 2 rings (SSSR count). The van der Waals surface area contributed by atoms with Crippen molar-refractivity contribution in [1.82, 2.24) is 0 Å². The van der Waals surface area contributed by atoms with Crippen molar-refractivity contribution in [2.45, 2.75) is 38.5 Å². The van der Waals surface area contributed by atoms with Crippen molar-refractivity contribution in [2.24, 2.45) is 23.7 Å². The molecule has 17 heavy (non-hydrogen) atoms. The van der Waals surface area contributed by atoms with Crippen molar-refractivity contribution in [3.8, 4) is 0 Å². The third kappa shape index (κ3) is 3.01. The van der Waals surface area contributed by atoms with Gasteiger partial charge in [0, 0.05) is 8.07 Å². The van der Waals surface area contributed by atoms with E-state index in [0.717, 1.165) is 23.7 Å². The molecule has 0 N–H and O–H groups in total. The molecule has 1 heteroatoms. The summed E-state index contributed by atoms with van der Waals surface area (Å²) >= 11 is 0. The van der Waals surface area contributed by atoms with E-state index in [1.807, 2.05) is 0 Å². The van der Waals surface area contributed by atoms with E-state index >= 15 is 0 Å². The molecule has 0 radical (unpaired) electrons. The van der Waals surface area contributed by atoms with Gasteiger partial charge in [0.25, 0.3) is 0 Å². The third-order valence-electron chi connectivity index (χ3n) is 4.27. The first-order chi connectivity index (χ1) is 8.01. The van der Waals surface area contributed by atoms with Crippen LogP contribution in [0.2, 0.25) is 25.7 Å². The first kappa shape index (κ1) is 12.9. The maximum absolute atomic E-state index is 4.01. The van der Waals surface area contributed by atoms with Crippen molar-refractivity contribution in [3.05, 3.63) is 37.0 Å². The van der Waals surface area contributed by atoms with Gasteiger partial charge in [-0.15, -0.1) is 6.58 Å². The summed E-state index contributed by atoms with van der Waals surface area (Å²) in [6, 6.07) is 1.33. The largest absolute Gasteiger partial charge is 0.103 e. The molecular weight excluding hydrogens is 220 g/mol. The average molecular weight is 246 g/mol. The van der Waals surface area contributed by atoms with Crippen LogP contribution in [0.15, 0.2) is 37.0 Å². The number of allylic oxidation sites excluding steroid dienone is 5. The lowest BCUT2D eigenvalue weighted by Crippen LogP contribution is -2.17. The Balaban J connectivity index is 1.97. The molecule has 1 fully saturated rings. The molecule has 0 bridgehead atoms. The van der Waals surface area contributed by atoms with E-state index in [4.69, 9.17) is 0 Å². The number of fused-ring (bicyclic) bond motifs is 1. The second-order valence-electron chi connectivity index (χ2n) is 6.90. The van der Waals surface area contributed by atoms with Crippen LogP contribution in [0.5, 0.6) is 0 Å². The maximum Gasteiger partial charge on any atom is 0.0480 e.